The predicted octanol–water partition coefficient (Wildman–Crippen LogP) is 5.58. The van der Waals surface area contributed by atoms with Crippen LogP contribution >= 0.6 is 0 Å². The molecule has 0 aromatic rings. The first-order valence-electron chi connectivity index (χ1n) is 8.86. The fourth-order valence-corrected chi connectivity index (χ4v) is 3.56. The van der Waals surface area contributed by atoms with E-state index in [4.69, 9.17) is 14.7 Å². The lowest BCUT2D eigenvalue weighted by Crippen LogP contribution is -2.50. The van der Waals surface area contributed by atoms with Gasteiger partial charge in [-0.05, 0) is 50.9 Å². The van der Waals surface area contributed by atoms with Crippen LogP contribution in [0.25, 0.3) is 10.4 Å². The Kier molecular flexibility index (Phi) is 8.47. The average molecular weight is 373 g/mol. The Morgan fingerprint density at radius 1 is 1.24 bits per heavy atom. The minimum absolute atomic E-state index is 0.0761. The molecule has 7 nitrogen and oxygen atoms in total. The van der Waals surface area contributed by atoms with Crippen molar-refractivity contribution in [3.63, 3.8) is 0 Å². The van der Waals surface area contributed by atoms with Gasteiger partial charge in [-0.1, -0.05) is 39.7 Å². The van der Waals surface area contributed by atoms with Crippen molar-refractivity contribution in [2.45, 2.75) is 97.8 Å². The topological polar surface area (TPSA) is 96.3 Å². The minimum atomic E-state index is -1.98. The van der Waals surface area contributed by atoms with E-state index in [9.17, 15) is 4.79 Å². The van der Waals surface area contributed by atoms with Crippen LogP contribution in [0.2, 0.25) is 18.1 Å². The third-order valence-electron chi connectivity index (χ3n) is 4.58. The molecule has 0 aliphatic rings. The second-order valence-corrected chi connectivity index (χ2v) is 13.7. The normalized spacial score (nSPS) is 16.4. The van der Waals surface area contributed by atoms with Crippen LogP contribution in [0.1, 0.15) is 61.8 Å². The van der Waals surface area contributed by atoms with Crippen LogP contribution in [0.3, 0.4) is 0 Å². The maximum Gasteiger partial charge on any atom is 0.408 e. The molecule has 0 radical (unpaired) electrons. The molecule has 1 unspecified atom stereocenters. The van der Waals surface area contributed by atoms with Crippen LogP contribution in [0, 0.1) is 5.92 Å². The molecule has 0 aliphatic heterocycles. The number of carbonyl (C=O) groups excluding carboxylic acids is 1. The lowest BCUT2D eigenvalue weighted by molar-refractivity contribution is 0.0436. The summed E-state index contributed by atoms with van der Waals surface area (Å²) in [4.78, 5) is 14.9. The van der Waals surface area contributed by atoms with Gasteiger partial charge in [-0.2, -0.15) is 0 Å². The van der Waals surface area contributed by atoms with Crippen molar-refractivity contribution in [2.75, 3.05) is 0 Å². The van der Waals surface area contributed by atoms with Gasteiger partial charge in [0.05, 0.1) is 0 Å². The van der Waals surface area contributed by atoms with Crippen molar-refractivity contribution in [3.8, 4) is 0 Å². The van der Waals surface area contributed by atoms with Crippen molar-refractivity contribution in [1.29, 1.82) is 0 Å². The first-order chi connectivity index (χ1) is 11.1. The second-order valence-electron chi connectivity index (χ2n) is 8.98. The van der Waals surface area contributed by atoms with E-state index < -0.39 is 26.2 Å². The number of rotatable bonds is 7. The van der Waals surface area contributed by atoms with Crippen LogP contribution in [0.4, 0.5) is 4.79 Å². The lowest BCUT2D eigenvalue weighted by Gasteiger charge is -2.41. The standard InChI is InChI=1S/C17H36N4O3Si/c1-11-13(24-25(9,10)17(6,7)8)12(2)14(20-21-18)19-15(22)23-16(3,4)5/h12-14H,11H2,1-10H3,(H,19,22)/t12-,13-,14?/m1/s1. The van der Waals surface area contributed by atoms with E-state index in [-0.39, 0.29) is 17.1 Å². The summed E-state index contributed by atoms with van der Waals surface area (Å²) in [6.45, 7) is 20.2. The third kappa shape index (κ3) is 8.12. The molecular weight excluding hydrogens is 336 g/mol. The van der Waals surface area contributed by atoms with E-state index in [1.165, 1.54) is 0 Å². The number of hydrogen-bond acceptors (Lipinski definition) is 4. The molecule has 25 heavy (non-hydrogen) atoms. The first kappa shape index (κ1) is 23.8. The van der Waals surface area contributed by atoms with E-state index in [0.29, 0.717) is 0 Å². The third-order valence-corrected chi connectivity index (χ3v) is 9.08. The van der Waals surface area contributed by atoms with Gasteiger partial charge in [0.15, 0.2) is 8.32 Å². The molecule has 1 amide bonds. The van der Waals surface area contributed by atoms with Gasteiger partial charge in [-0.3, -0.25) is 0 Å². The molecule has 0 heterocycles. The summed E-state index contributed by atoms with van der Waals surface area (Å²) in [5.74, 6) is -0.178. The van der Waals surface area contributed by atoms with Gasteiger partial charge in [0, 0.05) is 16.9 Å². The maximum absolute atomic E-state index is 12.1. The highest BCUT2D eigenvalue weighted by Crippen LogP contribution is 2.38. The second kappa shape index (κ2) is 8.92. The summed E-state index contributed by atoms with van der Waals surface area (Å²) in [5.41, 5.74) is 8.27. The Bertz CT molecular complexity index is 491. The van der Waals surface area contributed by atoms with Crippen molar-refractivity contribution < 1.29 is 14.0 Å². The molecule has 0 aromatic heterocycles. The van der Waals surface area contributed by atoms with Gasteiger partial charge < -0.3 is 14.5 Å². The van der Waals surface area contributed by atoms with Gasteiger partial charge in [0.1, 0.15) is 11.8 Å². The van der Waals surface area contributed by atoms with E-state index in [1.54, 1.807) is 20.8 Å². The van der Waals surface area contributed by atoms with Crippen molar-refractivity contribution >= 4 is 14.4 Å². The Hall–Kier alpha value is -1.24. The van der Waals surface area contributed by atoms with Crippen molar-refractivity contribution in [3.05, 3.63) is 10.4 Å². The Labute approximate surface area is 153 Å². The van der Waals surface area contributed by atoms with Crippen LogP contribution < -0.4 is 5.32 Å². The average Bonchev–Trinajstić information content (AvgIpc) is 2.40. The zero-order chi connectivity index (χ0) is 20.1. The number of azide groups is 1. The largest absolute Gasteiger partial charge is 0.444 e. The number of ether oxygens (including phenoxy) is 1. The first-order valence-corrected chi connectivity index (χ1v) is 11.8. The summed E-state index contributed by atoms with van der Waals surface area (Å²) < 4.78 is 11.8. The smallest absolute Gasteiger partial charge is 0.408 e. The zero-order valence-electron chi connectivity index (χ0n) is 17.5. The van der Waals surface area contributed by atoms with Gasteiger partial charge in [0.25, 0.3) is 0 Å². The Morgan fingerprint density at radius 2 is 1.76 bits per heavy atom. The highest BCUT2D eigenvalue weighted by atomic mass is 28.4. The predicted molar refractivity (Wildman–Crippen MR) is 104 cm³/mol. The van der Waals surface area contributed by atoms with Crippen LogP contribution in [-0.2, 0) is 9.16 Å². The van der Waals surface area contributed by atoms with Gasteiger partial charge in [-0.25, -0.2) is 4.79 Å². The number of carbonyl (C=O) groups is 1. The monoisotopic (exact) mass is 372 g/mol. The Balaban J connectivity index is 5.25. The van der Waals surface area contributed by atoms with Crippen LogP contribution in [-0.4, -0.2) is 32.3 Å². The van der Waals surface area contributed by atoms with Crippen LogP contribution in [0.5, 0.6) is 0 Å². The summed E-state index contributed by atoms with van der Waals surface area (Å²) in [7, 11) is -1.98. The molecule has 3 atom stereocenters. The quantitative estimate of drug-likeness (QED) is 0.273. The molecule has 0 rings (SSSR count). The van der Waals surface area contributed by atoms with E-state index >= 15 is 0 Å². The van der Waals surface area contributed by atoms with Gasteiger partial charge in [0.2, 0.25) is 0 Å². The molecule has 0 fully saturated rings. The van der Waals surface area contributed by atoms with E-state index in [0.717, 1.165) is 6.42 Å². The fourth-order valence-electron chi connectivity index (χ4n) is 2.07. The SMILES string of the molecule is CC[C@@H](O[Si](C)(C)C(C)(C)C)[C@@H](C)C(N=[N+]=[N-])NC(=O)OC(C)(C)C. The van der Waals surface area contributed by atoms with E-state index in [1.807, 2.05) is 13.8 Å². The molecular formula is C17H36N4O3Si. The van der Waals surface area contributed by atoms with Gasteiger partial charge >= 0.3 is 6.09 Å². The molecule has 0 aromatic carbocycles. The highest BCUT2D eigenvalue weighted by molar-refractivity contribution is 6.74. The summed E-state index contributed by atoms with van der Waals surface area (Å²) in [6.07, 6.45) is -0.680. The number of amides is 1. The molecule has 0 saturated carbocycles. The summed E-state index contributed by atoms with van der Waals surface area (Å²) in [6, 6.07) is 0. The molecule has 8 heteroatoms. The number of nitrogens with one attached hydrogen (secondary N) is 1. The number of nitrogens with zero attached hydrogens (tertiary/aromatic N) is 3. The van der Waals surface area contributed by atoms with Crippen molar-refractivity contribution in [2.24, 2.45) is 11.0 Å². The van der Waals surface area contributed by atoms with Gasteiger partial charge in [-0.15, -0.1) is 0 Å². The summed E-state index contributed by atoms with van der Waals surface area (Å²) in [5, 5.41) is 6.50. The molecule has 0 spiro atoms. The highest BCUT2D eigenvalue weighted by Gasteiger charge is 2.41. The molecule has 146 valence electrons. The minimum Gasteiger partial charge on any atom is -0.444 e. The molecule has 0 aliphatic carbocycles. The zero-order valence-corrected chi connectivity index (χ0v) is 18.5. The Morgan fingerprint density at radius 3 is 2.12 bits per heavy atom. The fraction of sp³-hybridized carbons (Fsp3) is 0.941. The summed E-state index contributed by atoms with van der Waals surface area (Å²) >= 11 is 0. The molecule has 0 saturated heterocycles. The molecule has 0 bridgehead atoms. The molecule has 1 N–H and O–H groups in total. The lowest BCUT2D eigenvalue weighted by atomic mass is 10.00. The van der Waals surface area contributed by atoms with E-state index in [2.05, 4.69) is 49.2 Å². The number of hydrogen-bond donors (Lipinski definition) is 1. The maximum atomic E-state index is 12.1. The number of alkyl carbamates (subject to hydrolysis) is 1. The van der Waals surface area contributed by atoms with Crippen LogP contribution in [0.15, 0.2) is 5.11 Å². The van der Waals surface area contributed by atoms with Crippen molar-refractivity contribution in [1.82, 2.24) is 5.32 Å².